The highest BCUT2D eigenvalue weighted by Crippen LogP contribution is 2.32. The number of anilines is 1. The Morgan fingerprint density at radius 2 is 1.67 bits per heavy atom. The lowest BCUT2D eigenvalue weighted by Gasteiger charge is -2.24. The number of hydrogen-bond acceptors (Lipinski definition) is 8. The number of phenolic OH excluding ortho intramolecular Hbond substituents is 1. The van der Waals surface area contributed by atoms with Gasteiger partial charge in [0.1, 0.15) is 12.4 Å². The Labute approximate surface area is 207 Å². The molecule has 0 radical (unpaired) electrons. The Kier molecular flexibility index (Phi) is 8.33. The molecule has 36 heavy (non-hydrogen) atoms. The summed E-state index contributed by atoms with van der Waals surface area (Å²) in [4.78, 5) is 12.5. The van der Waals surface area contributed by atoms with Gasteiger partial charge in [0.25, 0.3) is 15.9 Å². The number of nitrogens with zero attached hydrogens (tertiary/aromatic N) is 2. The number of sulfonamides is 1. The van der Waals surface area contributed by atoms with E-state index in [0.717, 1.165) is 16.4 Å². The average Bonchev–Trinajstić information content (AvgIpc) is 2.88. The molecule has 190 valence electrons. The quantitative estimate of drug-likeness (QED) is 0.313. The topological polar surface area (TPSA) is 127 Å². The molecule has 10 nitrogen and oxygen atoms in total. The number of carbonyl (C=O) groups is 1. The van der Waals surface area contributed by atoms with Crippen molar-refractivity contribution in [1.29, 1.82) is 0 Å². The fourth-order valence-electron chi connectivity index (χ4n) is 3.17. The third kappa shape index (κ3) is 5.84. The summed E-state index contributed by atoms with van der Waals surface area (Å²) in [5.41, 5.74) is 2.54. The van der Waals surface area contributed by atoms with Crippen LogP contribution in [0.3, 0.4) is 0 Å². The lowest BCUT2D eigenvalue weighted by atomic mass is 10.2. The van der Waals surface area contributed by atoms with Gasteiger partial charge in [0, 0.05) is 11.6 Å². The zero-order valence-corrected chi connectivity index (χ0v) is 20.5. The van der Waals surface area contributed by atoms with Gasteiger partial charge in [-0.3, -0.25) is 9.10 Å². The minimum absolute atomic E-state index is 0.0516. The number of para-hydroxylation sites is 1. The smallest absolute Gasteiger partial charge is 0.264 e. The number of ether oxygens (including phenoxy) is 3. The van der Waals surface area contributed by atoms with Crippen molar-refractivity contribution in [1.82, 2.24) is 5.43 Å². The van der Waals surface area contributed by atoms with Crippen LogP contribution in [-0.2, 0) is 14.8 Å². The van der Waals surface area contributed by atoms with Crippen molar-refractivity contribution in [2.24, 2.45) is 5.10 Å². The van der Waals surface area contributed by atoms with Crippen LogP contribution in [0, 0.1) is 5.82 Å². The van der Waals surface area contributed by atoms with E-state index in [9.17, 15) is 22.7 Å². The summed E-state index contributed by atoms with van der Waals surface area (Å²) < 4.78 is 56.7. The predicted molar refractivity (Wildman–Crippen MR) is 131 cm³/mol. The number of benzene rings is 3. The van der Waals surface area contributed by atoms with Gasteiger partial charge in [0.05, 0.1) is 38.1 Å². The van der Waals surface area contributed by atoms with E-state index in [2.05, 4.69) is 10.5 Å². The van der Waals surface area contributed by atoms with Crippen LogP contribution < -0.4 is 23.9 Å². The van der Waals surface area contributed by atoms with Gasteiger partial charge in [-0.25, -0.2) is 18.2 Å². The molecule has 0 aromatic heterocycles. The molecule has 0 saturated heterocycles. The lowest BCUT2D eigenvalue weighted by molar-refractivity contribution is -0.119. The highest BCUT2D eigenvalue weighted by molar-refractivity contribution is 7.92. The molecule has 0 saturated carbocycles. The molecule has 2 N–H and O–H groups in total. The van der Waals surface area contributed by atoms with E-state index in [0.29, 0.717) is 5.75 Å². The van der Waals surface area contributed by atoms with Crippen LogP contribution in [0.15, 0.2) is 70.7 Å². The molecule has 0 aliphatic rings. The van der Waals surface area contributed by atoms with Crippen molar-refractivity contribution >= 4 is 27.8 Å². The third-order valence-corrected chi connectivity index (χ3v) is 6.76. The Balaban J connectivity index is 1.89. The van der Waals surface area contributed by atoms with E-state index in [4.69, 9.17) is 14.2 Å². The van der Waals surface area contributed by atoms with Crippen LogP contribution in [-0.4, -0.2) is 53.5 Å². The van der Waals surface area contributed by atoms with Gasteiger partial charge in [-0.2, -0.15) is 5.10 Å². The highest BCUT2D eigenvalue weighted by Gasteiger charge is 2.28. The Hall–Kier alpha value is -4.32. The molecule has 3 aromatic carbocycles. The van der Waals surface area contributed by atoms with Crippen LogP contribution in [0.4, 0.5) is 10.1 Å². The van der Waals surface area contributed by atoms with Crippen LogP contribution >= 0.6 is 0 Å². The minimum atomic E-state index is -4.31. The summed E-state index contributed by atoms with van der Waals surface area (Å²) in [6.07, 6.45) is 1.18. The average molecular weight is 518 g/mol. The van der Waals surface area contributed by atoms with Crippen molar-refractivity contribution in [2.75, 3.05) is 32.2 Å². The maximum Gasteiger partial charge on any atom is 0.264 e. The molecule has 0 spiro atoms. The maximum atomic E-state index is 13.5. The highest BCUT2D eigenvalue weighted by atomic mass is 32.2. The normalized spacial score (nSPS) is 11.2. The number of halogens is 1. The number of hydrazone groups is 1. The van der Waals surface area contributed by atoms with Crippen molar-refractivity contribution in [3.05, 3.63) is 72.0 Å². The molecule has 0 unspecified atom stereocenters. The predicted octanol–water partition coefficient (Wildman–Crippen LogP) is 2.90. The lowest BCUT2D eigenvalue weighted by Crippen LogP contribution is -2.39. The van der Waals surface area contributed by atoms with Crippen molar-refractivity contribution in [2.45, 2.75) is 4.90 Å². The summed E-state index contributed by atoms with van der Waals surface area (Å²) in [5.74, 6) is -0.838. The first-order valence-electron chi connectivity index (χ1n) is 10.4. The van der Waals surface area contributed by atoms with E-state index in [1.54, 1.807) is 18.2 Å². The number of carbonyl (C=O) groups excluding carboxylic acids is 1. The second-order valence-corrected chi connectivity index (χ2v) is 9.06. The molecule has 0 atom stereocenters. The van der Waals surface area contributed by atoms with Crippen LogP contribution in [0.5, 0.6) is 23.0 Å². The van der Waals surface area contributed by atoms with E-state index in [1.807, 2.05) is 0 Å². The molecule has 3 rings (SSSR count). The summed E-state index contributed by atoms with van der Waals surface area (Å²) >= 11 is 0. The summed E-state index contributed by atoms with van der Waals surface area (Å²) in [7, 11) is -0.149. The van der Waals surface area contributed by atoms with E-state index in [-0.39, 0.29) is 33.4 Å². The summed E-state index contributed by atoms with van der Waals surface area (Å²) in [6.45, 7) is -0.677. The van der Waals surface area contributed by atoms with E-state index < -0.39 is 28.3 Å². The van der Waals surface area contributed by atoms with E-state index in [1.165, 1.54) is 57.9 Å². The van der Waals surface area contributed by atoms with Gasteiger partial charge >= 0.3 is 0 Å². The standard InChI is InChI=1S/C24H24FN3O7S/c1-33-20-12-11-19(13-22(20)35-3)36(31,32)28(18-9-7-17(25)8-10-18)15-23(29)27-26-14-16-5-4-6-21(34-2)24(16)30/h4-14,30H,15H2,1-3H3,(H,27,29)/b26-14-. The Bertz CT molecular complexity index is 1360. The van der Waals surface area contributed by atoms with Gasteiger partial charge < -0.3 is 19.3 Å². The second-order valence-electron chi connectivity index (χ2n) is 7.20. The first kappa shape index (κ1) is 26.3. The van der Waals surface area contributed by atoms with Crippen LogP contribution in [0.2, 0.25) is 0 Å². The molecule has 1 amide bonds. The first-order valence-corrected chi connectivity index (χ1v) is 11.8. The fraction of sp³-hybridized carbons (Fsp3) is 0.167. The summed E-state index contributed by atoms with van der Waals surface area (Å²) in [5, 5.41) is 13.9. The van der Waals surface area contributed by atoms with Crippen molar-refractivity contribution < 1.29 is 36.9 Å². The largest absolute Gasteiger partial charge is 0.504 e. The van der Waals surface area contributed by atoms with Crippen LogP contribution in [0.25, 0.3) is 0 Å². The molecule has 0 heterocycles. The van der Waals surface area contributed by atoms with Crippen LogP contribution in [0.1, 0.15) is 5.56 Å². The Morgan fingerprint density at radius 1 is 1.00 bits per heavy atom. The number of methoxy groups -OCH3 is 3. The number of aromatic hydroxyl groups is 1. The monoisotopic (exact) mass is 517 g/mol. The zero-order valence-electron chi connectivity index (χ0n) is 19.6. The van der Waals surface area contributed by atoms with Crippen molar-refractivity contribution in [3.63, 3.8) is 0 Å². The molecule has 0 aliphatic heterocycles. The maximum absolute atomic E-state index is 13.5. The van der Waals surface area contributed by atoms with E-state index >= 15 is 0 Å². The summed E-state index contributed by atoms with van der Waals surface area (Å²) in [6, 6.07) is 13.3. The first-order chi connectivity index (χ1) is 17.2. The molecular formula is C24H24FN3O7S. The van der Waals surface area contributed by atoms with Gasteiger partial charge in [-0.15, -0.1) is 0 Å². The van der Waals surface area contributed by atoms with Crippen molar-refractivity contribution in [3.8, 4) is 23.0 Å². The number of rotatable bonds is 10. The van der Waals surface area contributed by atoms with Gasteiger partial charge in [0.2, 0.25) is 0 Å². The number of hydrogen-bond donors (Lipinski definition) is 2. The SMILES string of the molecule is COc1ccc(S(=O)(=O)N(CC(=O)N/N=C\c2cccc(OC)c2O)c2ccc(F)cc2)cc1OC. The molecule has 0 aliphatic carbocycles. The van der Waals surface area contributed by atoms with Gasteiger partial charge in [-0.05, 0) is 48.5 Å². The Morgan fingerprint density at radius 3 is 2.31 bits per heavy atom. The third-order valence-electron chi connectivity index (χ3n) is 4.99. The van der Waals surface area contributed by atoms with Gasteiger partial charge in [-0.1, -0.05) is 6.07 Å². The fourth-order valence-corrected chi connectivity index (χ4v) is 4.61. The number of amides is 1. The minimum Gasteiger partial charge on any atom is -0.504 e. The molecular weight excluding hydrogens is 493 g/mol. The number of phenols is 1. The second kappa shape index (κ2) is 11.4. The molecule has 3 aromatic rings. The molecule has 0 fully saturated rings. The zero-order chi connectivity index (χ0) is 26.3. The number of nitrogens with one attached hydrogen (secondary N) is 1. The van der Waals surface area contributed by atoms with Gasteiger partial charge in [0.15, 0.2) is 23.0 Å². The molecule has 12 heteroatoms. The molecule has 0 bridgehead atoms.